The van der Waals surface area contributed by atoms with Crippen molar-refractivity contribution in [2.45, 2.75) is 31.4 Å². The van der Waals surface area contributed by atoms with Gasteiger partial charge in [-0.05, 0) is 50.9 Å². The number of piperidine rings is 1. The number of hydrogen-bond donors (Lipinski definition) is 0. The number of hydrogen-bond acceptors (Lipinski definition) is 5. The largest absolute Gasteiger partial charge is 0.381 e. The van der Waals surface area contributed by atoms with Gasteiger partial charge in [-0.25, -0.2) is 0 Å². The lowest BCUT2D eigenvalue weighted by atomic mass is 9.75. The zero-order valence-corrected chi connectivity index (χ0v) is 15.6. The van der Waals surface area contributed by atoms with Gasteiger partial charge >= 0.3 is 0 Å². The number of likely N-dealkylation sites (N-methyl/N-ethyl adjacent to an activating group) is 1. The van der Waals surface area contributed by atoms with Crippen LogP contribution in [-0.4, -0.2) is 72.7 Å². The standard InChI is InChI=1S/C20H29N3O3/c1-22-8-5-16(11-26-13-18-4-2-3-7-21-18)10-20(22)14-23(15-20)19(24)17-6-9-25-12-17/h2-4,7,16-17H,5-6,8-15H2,1H3/t16-,17-/m0/s1. The van der Waals surface area contributed by atoms with Crippen LogP contribution in [0.25, 0.3) is 0 Å². The lowest BCUT2D eigenvalue weighted by Crippen LogP contribution is -2.73. The van der Waals surface area contributed by atoms with Gasteiger partial charge in [0.2, 0.25) is 5.91 Å². The van der Waals surface area contributed by atoms with Gasteiger partial charge in [0.25, 0.3) is 0 Å². The third-order valence-corrected chi connectivity index (χ3v) is 6.24. The Bertz CT molecular complexity index is 612. The Morgan fingerprint density at radius 3 is 3.00 bits per heavy atom. The predicted octanol–water partition coefficient (Wildman–Crippen LogP) is 1.56. The first-order chi connectivity index (χ1) is 12.7. The summed E-state index contributed by atoms with van der Waals surface area (Å²) in [7, 11) is 2.20. The Labute approximate surface area is 155 Å². The van der Waals surface area contributed by atoms with Crippen LogP contribution in [0.5, 0.6) is 0 Å². The highest BCUT2D eigenvalue weighted by molar-refractivity contribution is 5.80. The Morgan fingerprint density at radius 2 is 2.27 bits per heavy atom. The van der Waals surface area contributed by atoms with Crippen LogP contribution < -0.4 is 0 Å². The van der Waals surface area contributed by atoms with Crippen molar-refractivity contribution in [1.29, 1.82) is 0 Å². The van der Waals surface area contributed by atoms with Crippen molar-refractivity contribution >= 4 is 5.91 Å². The van der Waals surface area contributed by atoms with E-state index in [2.05, 4.69) is 16.9 Å². The highest BCUT2D eigenvalue weighted by Crippen LogP contribution is 2.39. The van der Waals surface area contributed by atoms with Gasteiger partial charge in [-0.1, -0.05) is 6.07 Å². The molecule has 1 spiro atoms. The quantitative estimate of drug-likeness (QED) is 0.799. The third kappa shape index (κ3) is 3.63. The summed E-state index contributed by atoms with van der Waals surface area (Å²) in [4.78, 5) is 21.4. The summed E-state index contributed by atoms with van der Waals surface area (Å²) in [6.07, 6.45) is 4.95. The summed E-state index contributed by atoms with van der Waals surface area (Å²) in [6.45, 7) is 5.47. The normalized spacial score (nSPS) is 28.3. The number of aromatic nitrogens is 1. The Hall–Kier alpha value is -1.50. The van der Waals surface area contributed by atoms with E-state index in [1.165, 1.54) is 0 Å². The Kier molecular flexibility index (Phi) is 5.25. The molecule has 1 aromatic rings. The second kappa shape index (κ2) is 7.62. The molecule has 6 nitrogen and oxygen atoms in total. The maximum atomic E-state index is 12.6. The maximum Gasteiger partial charge on any atom is 0.228 e. The van der Waals surface area contributed by atoms with E-state index in [1.54, 1.807) is 6.20 Å². The first kappa shape index (κ1) is 17.9. The van der Waals surface area contributed by atoms with Gasteiger partial charge in [0.05, 0.1) is 37.0 Å². The number of carbonyl (C=O) groups is 1. The number of amides is 1. The number of carbonyl (C=O) groups excluding carboxylic acids is 1. The van der Waals surface area contributed by atoms with Gasteiger partial charge < -0.3 is 14.4 Å². The Balaban J connectivity index is 1.26. The second-order valence-corrected chi connectivity index (χ2v) is 8.10. The van der Waals surface area contributed by atoms with Crippen molar-refractivity contribution in [1.82, 2.24) is 14.8 Å². The average Bonchev–Trinajstić information content (AvgIpc) is 3.16. The maximum absolute atomic E-state index is 12.6. The number of ether oxygens (including phenoxy) is 2. The molecule has 3 fully saturated rings. The molecule has 142 valence electrons. The molecule has 0 aliphatic carbocycles. The highest BCUT2D eigenvalue weighted by atomic mass is 16.5. The first-order valence-electron chi connectivity index (χ1n) is 9.72. The van der Waals surface area contributed by atoms with E-state index in [0.29, 0.717) is 19.1 Å². The van der Waals surface area contributed by atoms with Gasteiger partial charge in [-0.3, -0.25) is 14.7 Å². The monoisotopic (exact) mass is 359 g/mol. The molecule has 2 atom stereocenters. The molecule has 3 aliphatic heterocycles. The molecular weight excluding hydrogens is 330 g/mol. The topological polar surface area (TPSA) is 54.9 Å². The Morgan fingerprint density at radius 1 is 1.38 bits per heavy atom. The van der Waals surface area contributed by atoms with Crippen molar-refractivity contribution < 1.29 is 14.3 Å². The van der Waals surface area contributed by atoms with Gasteiger partial charge in [-0.2, -0.15) is 0 Å². The summed E-state index contributed by atoms with van der Waals surface area (Å²) < 4.78 is 11.3. The van der Waals surface area contributed by atoms with Crippen LogP contribution in [0.2, 0.25) is 0 Å². The van der Waals surface area contributed by atoms with Gasteiger partial charge in [0.1, 0.15) is 0 Å². The summed E-state index contributed by atoms with van der Waals surface area (Å²) in [6, 6.07) is 5.91. The zero-order valence-electron chi connectivity index (χ0n) is 15.6. The smallest absolute Gasteiger partial charge is 0.228 e. The van der Waals surface area contributed by atoms with Crippen LogP contribution in [0.4, 0.5) is 0 Å². The average molecular weight is 359 g/mol. The number of nitrogens with zero attached hydrogens (tertiary/aromatic N) is 3. The molecule has 3 aliphatic rings. The molecule has 0 N–H and O–H groups in total. The number of rotatable bonds is 5. The molecule has 1 aromatic heterocycles. The van der Waals surface area contributed by atoms with Gasteiger partial charge in [0, 0.05) is 25.9 Å². The van der Waals surface area contributed by atoms with E-state index >= 15 is 0 Å². The van der Waals surface area contributed by atoms with E-state index in [-0.39, 0.29) is 17.4 Å². The fourth-order valence-corrected chi connectivity index (χ4v) is 4.54. The molecule has 4 heterocycles. The molecule has 0 unspecified atom stereocenters. The molecule has 4 rings (SSSR count). The lowest BCUT2D eigenvalue weighted by Gasteiger charge is -2.59. The molecule has 26 heavy (non-hydrogen) atoms. The predicted molar refractivity (Wildman–Crippen MR) is 97.5 cm³/mol. The van der Waals surface area contributed by atoms with Crippen LogP contribution in [0.1, 0.15) is 25.0 Å². The summed E-state index contributed by atoms with van der Waals surface area (Å²) in [5, 5.41) is 0. The molecule has 0 saturated carbocycles. The van der Waals surface area contributed by atoms with Crippen LogP contribution in [0, 0.1) is 11.8 Å². The first-order valence-corrected chi connectivity index (χ1v) is 9.72. The summed E-state index contributed by atoms with van der Waals surface area (Å²) in [5.74, 6) is 0.927. The van der Waals surface area contributed by atoms with E-state index in [4.69, 9.17) is 9.47 Å². The molecule has 0 bridgehead atoms. The second-order valence-electron chi connectivity index (χ2n) is 8.10. The minimum absolute atomic E-state index is 0.0822. The molecule has 6 heteroatoms. The molecule has 1 amide bonds. The highest BCUT2D eigenvalue weighted by Gasteiger charge is 2.51. The van der Waals surface area contributed by atoms with E-state index in [1.807, 2.05) is 23.1 Å². The number of likely N-dealkylation sites (tertiary alicyclic amines) is 2. The molecule has 0 radical (unpaired) electrons. The SMILES string of the molecule is CN1CC[C@H](COCc2ccccn2)CC12CN(C(=O)[C@H]1CCOC1)C2. The van der Waals surface area contributed by atoms with Crippen molar-refractivity contribution in [3.05, 3.63) is 30.1 Å². The van der Waals surface area contributed by atoms with Crippen molar-refractivity contribution in [3.63, 3.8) is 0 Å². The summed E-state index contributed by atoms with van der Waals surface area (Å²) in [5.41, 5.74) is 1.13. The fraction of sp³-hybridized carbons (Fsp3) is 0.700. The minimum atomic E-state index is 0.0822. The van der Waals surface area contributed by atoms with E-state index < -0.39 is 0 Å². The molecular formula is C20H29N3O3. The number of pyridine rings is 1. The van der Waals surface area contributed by atoms with Crippen molar-refractivity contribution in [2.75, 3.05) is 46.5 Å². The van der Waals surface area contributed by atoms with Crippen LogP contribution in [0.3, 0.4) is 0 Å². The lowest BCUT2D eigenvalue weighted by molar-refractivity contribution is -0.155. The van der Waals surface area contributed by atoms with Crippen LogP contribution >= 0.6 is 0 Å². The van der Waals surface area contributed by atoms with Crippen molar-refractivity contribution in [3.8, 4) is 0 Å². The fourth-order valence-electron chi connectivity index (χ4n) is 4.54. The van der Waals surface area contributed by atoms with E-state index in [0.717, 1.165) is 57.8 Å². The van der Waals surface area contributed by atoms with Crippen molar-refractivity contribution in [2.24, 2.45) is 11.8 Å². The summed E-state index contributed by atoms with van der Waals surface area (Å²) >= 11 is 0. The van der Waals surface area contributed by atoms with Gasteiger partial charge in [-0.15, -0.1) is 0 Å². The van der Waals surface area contributed by atoms with E-state index in [9.17, 15) is 4.79 Å². The minimum Gasteiger partial charge on any atom is -0.381 e. The molecule has 3 saturated heterocycles. The van der Waals surface area contributed by atoms with Gasteiger partial charge in [0.15, 0.2) is 0 Å². The molecule has 0 aromatic carbocycles. The third-order valence-electron chi connectivity index (χ3n) is 6.24. The zero-order chi connectivity index (χ0) is 18.0. The van der Waals surface area contributed by atoms with Crippen LogP contribution in [0.15, 0.2) is 24.4 Å². The van der Waals surface area contributed by atoms with Crippen LogP contribution in [-0.2, 0) is 20.9 Å².